The van der Waals surface area contributed by atoms with Gasteiger partial charge >= 0.3 is 0 Å². The van der Waals surface area contributed by atoms with Gasteiger partial charge in [-0.2, -0.15) is 0 Å². The lowest BCUT2D eigenvalue weighted by Gasteiger charge is -2.09. The summed E-state index contributed by atoms with van der Waals surface area (Å²) in [5.41, 5.74) is 6.99. The zero-order valence-corrected chi connectivity index (χ0v) is 8.36. The summed E-state index contributed by atoms with van der Waals surface area (Å²) in [6, 6.07) is 1.99. The second-order valence-electron chi connectivity index (χ2n) is 3.67. The molecule has 0 saturated heterocycles. The van der Waals surface area contributed by atoms with E-state index < -0.39 is 0 Å². The lowest BCUT2D eigenvalue weighted by molar-refractivity contribution is 0.869. The quantitative estimate of drug-likeness (QED) is 0.745. The molecule has 2 heterocycles. The summed E-state index contributed by atoms with van der Waals surface area (Å²) < 4.78 is 0. The molecule has 2 N–H and O–H groups in total. The lowest BCUT2D eigenvalue weighted by Crippen LogP contribution is -1.96. The van der Waals surface area contributed by atoms with Crippen LogP contribution in [0.15, 0.2) is 24.7 Å². The van der Waals surface area contributed by atoms with E-state index in [-0.39, 0.29) is 0 Å². The van der Waals surface area contributed by atoms with E-state index in [1.54, 1.807) is 12.4 Å². The number of anilines is 1. The molecular formula is C11H13N3. The number of nitrogens with zero attached hydrogens (tertiary/aromatic N) is 2. The summed E-state index contributed by atoms with van der Waals surface area (Å²) in [5.74, 6) is 1.01. The van der Waals surface area contributed by atoms with Crippen molar-refractivity contribution < 1.29 is 0 Å². The van der Waals surface area contributed by atoms with Gasteiger partial charge in [0.25, 0.3) is 0 Å². The molecule has 0 unspecified atom stereocenters. The molecule has 0 atom stereocenters. The Labute approximate surface area is 83.0 Å². The molecule has 3 heteroatoms. The number of hydrogen-bond donors (Lipinski definition) is 1. The number of hydrogen-bond acceptors (Lipinski definition) is 3. The molecule has 0 aliphatic rings. The zero-order valence-electron chi connectivity index (χ0n) is 8.36. The number of fused-ring (bicyclic) bond motifs is 1. The SMILES string of the molecule is CC(C)c1cncc2c(N)nccc12. The Morgan fingerprint density at radius 3 is 2.71 bits per heavy atom. The highest BCUT2D eigenvalue weighted by atomic mass is 14.8. The average molecular weight is 187 g/mol. The average Bonchev–Trinajstić information content (AvgIpc) is 2.17. The largest absolute Gasteiger partial charge is 0.383 e. The minimum atomic E-state index is 0.452. The van der Waals surface area contributed by atoms with E-state index in [1.165, 1.54) is 5.56 Å². The lowest BCUT2D eigenvalue weighted by atomic mass is 10.00. The minimum Gasteiger partial charge on any atom is -0.383 e. The fourth-order valence-electron chi connectivity index (χ4n) is 1.60. The van der Waals surface area contributed by atoms with Crippen LogP contribution >= 0.6 is 0 Å². The molecule has 0 amide bonds. The van der Waals surface area contributed by atoms with E-state index >= 15 is 0 Å². The summed E-state index contributed by atoms with van der Waals surface area (Å²) in [6.07, 6.45) is 5.40. The molecule has 0 aliphatic heterocycles. The molecular weight excluding hydrogens is 174 g/mol. The van der Waals surface area contributed by atoms with Crippen LogP contribution in [0.3, 0.4) is 0 Å². The smallest absolute Gasteiger partial charge is 0.132 e. The third-order valence-corrected chi connectivity index (χ3v) is 2.37. The molecule has 0 saturated carbocycles. The predicted molar refractivity (Wildman–Crippen MR) is 58.0 cm³/mol. The van der Waals surface area contributed by atoms with Gasteiger partial charge in [0.1, 0.15) is 5.82 Å². The Kier molecular flexibility index (Phi) is 2.08. The number of aromatic nitrogens is 2. The van der Waals surface area contributed by atoms with E-state index in [4.69, 9.17) is 5.73 Å². The van der Waals surface area contributed by atoms with Crippen LogP contribution in [-0.2, 0) is 0 Å². The van der Waals surface area contributed by atoms with E-state index in [2.05, 4.69) is 23.8 Å². The standard InChI is InChI=1S/C11H13N3/c1-7(2)9-5-13-6-10-8(9)3-4-14-11(10)12/h3-7H,1-2H3,(H2,12,14). The van der Waals surface area contributed by atoms with Crippen molar-refractivity contribution in [2.75, 3.05) is 5.73 Å². The van der Waals surface area contributed by atoms with E-state index in [0.717, 1.165) is 10.8 Å². The van der Waals surface area contributed by atoms with Gasteiger partial charge in [0, 0.05) is 24.0 Å². The Morgan fingerprint density at radius 1 is 1.21 bits per heavy atom. The van der Waals surface area contributed by atoms with Crippen molar-refractivity contribution in [3.05, 3.63) is 30.2 Å². The van der Waals surface area contributed by atoms with Gasteiger partial charge in [-0.05, 0) is 22.9 Å². The first kappa shape index (κ1) is 8.94. The van der Waals surface area contributed by atoms with E-state index in [9.17, 15) is 0 Å². The van der Waals surface area contributed by atoms with Crippen molar-refractivity contribution in [2.45, 2.75) is 19.8 Å². The Hall–Kier alpha value is -1.64. The first-order valence-electron chi connectivity index (χ1n) is 4.68. The summed E-state index contributed by atoms with van der Waals surface area (Å²) in [4.78, 5) is 8.22. The Balaban J connectivity index is 2.81. The maximum Gasteiger partial charge on any atom is 0.132 e. The van der Waals surface area contributed by atoms with Gasteiger partial charge in [-0.25, -0.2) is 4.98 Å². The van der Waals surface area contributed by atoms with Crippen LogP contribution in [0.5, 0.6) is 0 Å². The maximum absolute atomic E-state index is 5.77. The predicted octanol–water partition coefficient (Wildman–Crippen LogP) is 2.34. The first-order chi connectivity index (χ1) is 6.70. The van der Waals surface area contributed by atoms with Crippen LogP contribution in [-0.4, -0.2) is 9.97 Å². The number of rotatable bonds is 1. The van der Waals surface area contributed by atoms with Gasteiger partial charge < -0.3 is 5.73 Å². The van der Waals surface area contributed by atoms with E-state index in [1.807, 2.05) is 12.3 Å². The third kappa shape index (κ3) is 1.31. The monoisotopic (exact) mass is 187 g/mol. The highest BCUT2D eigenvalue weighted by Crippen LogP contribution is 2.25. The minimum absolute atomic E-state index is 0.452. The highest BCUT2D eigenvalue weighted by molar-refractivity contribution is 5.92. The maximum atomic E-state index is 5.77. The van der Waals surface area contributed by atoms with Crippen molar-refractivity contribution in [3.63, 3.8) is 0 Å². The number of pyridine rings is 2. The van der Waals surface area contributed by atoms with Gasteiger partial charge in [0.2, 0.25) is 0 Å². The molecule has 0 radical (unpaired) electrons. The van der Waals surface area contributed by atoms with Crippen molar-refractivity contribution >= 4 is 16.6 Å². The number of nitrogen functional groups attached to an aromatic ring is 1. The normalized spacial score (nSPS) is 11.1. The molecule has 2 aromatic rings. The van der Waals surface area contributed by atoms with Crippen molar-refractivity contribution in [3.8, 4) is 0 Å². The van der Waals surface area contributed by atoms with Crippen molar-refractivity contribution in [2.24, 2.45) is 0 Å². The summed E-state index contributed by atoms with van der Waals surface area (Å²) in [5, 5.41) is 2.10. The van der Waals surface area contributed by atoms with Gasteiger partial charge in [-0.1, -0.05) is 13.8 Å². The molecule has 2 rings (SSSR count). The van der Waals surface area contributed by atoms with Gasteiger partial charge in [-0.3, -0.25) is 4.98 Å². The van der Waals surface area contributed by atoms with Crippen LogP contribution in [0.4, 0.5) is 5.82 Å². The second kappa shape index (κ2) is 3.25. The topological polar surface area (TPSA) is 51.8 Å². The third-order valence-electron chi connectivity index (χ3n) is 2.37. The fraction of sp³-hybridized carbons (Fsp3) is 0.273. The molecule has 0 fully saturated rings. The fourth-order valence-corrected chi connectivity index (χ4v) is 1.60. The number of nitrogens with two attached hydrogens (primary N) is 1. The van der Waals surface area contributed by atoms with Crippen molar-refractivity contribution in [1.82, 2.24) is 9.97 Å². The molecule has 2 aromatic heterocycles. The molecule has 3 nitrogen and oxygen atoms in total. The first-order valence-corrected chi connectivity index (χ1v) is 4.68. The Bertz CT molecular complexity index is 463. The highest BCUT2D eigenvalue weighted by Gasteiger charge is 2.06. The van der Waals surface area contributed by atoms with E-state index in [0.29, 0.717) is 11.7 Å². The second-order valence-corrected chi connectivity index (χ2v) is 3.67. The zero-order chi connectivity index (χ0) is 10.1. The molecule has 0 aliphatic carbocycles. The molecule has 0 aromatic carbocycles. The summed E-state index contributed by atoms with van der Waals surface area (Å²) in [6.45, 7) is 4.29. The van der Waals surface area contributed by atoms with Crippen LogP contribution in [0.1, 0.15) is 25.3 Å². The molecule has 0 bridgehead atoms. The van der Waals surface area contributed by atoms with Crippen LogP contribution < -0.4 is 5.73 Å². The Morgan fingerprint density at radius 2 is 2.00 bits per heavy atom. The van der Waals surface area contributed by atoms with Crippen LogP contribution in [0, 0.1) is 0 Å². The van der Waals surface area contributed by atoms with Gasteiger partial charge in [-0.15, -0.1) is 0 Å². The van der Waals surface area contributed by atoms with Crippen molar-refractivity contribution in [1.29, 1.82) is 0 Å². The van der Waals surface area contributed by atoms with Crippen LogP contribution in [0.25, 0.3) is 10.8 Å². The molecule has 72 valence electrons. The summed E-state index contributed by atoms with van der Waals surface area (Å²) >= 11 is 0. The summed E-state index contributed by atoms with van der Waals surface area (Å²) in [7, 11) is 0. The van der Waals surface area contributed by atoms with Gasteiger partial charge in [0.15, 0.2) is 0 Å². The van der Waals surface area contributed by atoms with Gasteiger partial charge in [0.05, 0.1) is 0 Å². The van der Waals surface area contributed by atoms with Crippen LogP contribution in [0.2, 0.25) is 0 Å². The molecule has 0 spiro atoms. The molecule has 14 heavy (non-hydrogen) atoms.